The van der Waals surface area contributed by atoms with Gasteiger partial charge in [-0.25, -0.2) is 0 Å². The van der Waals surface area contributed by atoms with Gasteiger partial charge in [-0.2, -0.15) is 0 Å². The number of hydrogen-bond donors (Lipinski definition) is 0. The monoisotopic (exact) mass is 408 g/mol. The van der Waals surface area contributed by atoms with E-state index in [1.54, 1.807) is 0 Å². The Morgan fingerprint density at radius 1 is 0.562 bits per heavy atom. The molecular formula is C6HCl5S5. The lowest BCUT2D eigenvalue weighted by Crippen LogP contribution is -1.86. The highest BCUT2D eigenvalue weighted by Crippen LogP contribution is 2.51. The van der Waals surface area contributed by atoms with Gasteiger partial charge in [-0.05, 0) is 114 Å². The largest absolute Gasteiger partial charge is 0.0553 e. The maximum absolute atomic E-state index is 5.82. The second-order valence-corrected chi connectivity index (χ2v) is 7.44. The Morgan fingerprint density at radius 2 is 0.938 bits per heavy atom. The van der Waals surface area contributed by atoms with Gasteiger partial charge in [0, 0.05) is 9.79 Å². The first-order valence-corrected chi connectivity index (χ1v) is 11.6. The second kappa shape index (κ2) is 8.56. The molecule has 0 N–H and O–H groups in total. The molecule has 1 rings (SSSR count). The lowest BCUT2D eigenvalue weighted by atomic mass is 10.3. The molecule has 0 nitrogen and oxygen atoms in total. The zero-order chi connectivity index (χ0) is 12.1. The summed E-state index contributed by atoms with van der Waals surface area (Å²) in [6.07, 6.45) is 0. The molecule has 0 atom stereocenters. The molecule has 0 unspecified atom stereocenters. The van der Waals surface area contributed by atoms with Crippen molar-refractivity contribution in [3.05, 3.63) is 6.07 Å². The molecule has 1 aromatic carbocycles. The molecular weight excluding hydrogens is 410 g/mol. The van der Waals surface area contributed by atoms with Crippen LogP contribution in [0.5, 0.6) is 0 Å². The minimum absolute atomic E-state index is 0.774. The van der Waals surface area contributed by atoms with Gasteiger partial charge in [0.25, 0.3) is 0 Å². The van der Waals surface area contributed by atoms with E-state index >= 15 is 0 Å². The third-order valence-corrected chi connectivity index (χ3v) is 7.12. The van der Waals surface area contributed by atoms with E-state index in [1.807, 2.05) is 6.07 Å². The molecule has 1 aromatic rings. The summed E-state index contributed by atoms with van der Waals surface area (Å²) in [7, 11) is 34.2. The molecule has 0 radical (unpaired) electrons. The van der Waals surface area contributed by atoms with E-state index in [9.17, 15) is 0 Å². The van der Waals surface area contributed by atoms with Crippen molar-refractivity contribution in [3.8, 4) is 0 Å². The van der Waals surface area contributed by atoms with Gasteiger partial charge in [0.05, 0.1) is 14.7 Å². The minimum Gasteiger partial charge on any atom is -0.0386 e. The Balaban J connectivity index is 3.47. The first-order chi connectivity index (χ1) is 7.73. The molecule has 0 aliphatic heterocycles. The van der Waals surface area contributed by atoms with Crippen molar-refractivity contribution in [2.24, 2.45) is 0 Å². The van der Waals surface area contributed by atoms with Crippen LogP contribution in [0.1, 0.15) is 0 Å². The Hall–Kier alpha value is 2.42. The fourth-order valence-electron chi connectivity index (χ4n) is 0.908. The van der Waals surface area contributed by atoms with Gasteiger partial charge in [-0.3, -0.25) is 0 Å². The number of hydrogen-bond acceptors (Lipinski definition) is 5. The third-order valence-electron chi connectivity index (χ3n) is 1.52. The van der Waals surface area contributed by atoms with Gasteiger partial charge in [-0.15, -0.1) is 0 Å². The van der Waals surface area contributed by atoms with Crippen LogP contribution in [0, 0.1) is 0 Å². The van der Waals surface area contributed by atoms with Gasteiger partial charge >= 0.3 is 0 Å². The van der Waals surface area contributed by atoms with Gasteiger partial charge in [0.15, 0.2) is 0 Å². The minimum atomic E-state index is 0.774. The van der Waals surface area contributed by atoms with E-state index in [1.165, 1.54) is 0 Å². The Bertz CT molecular complexity index is 343. The summed E-state index contributed by atoms with van der Waals surface area (Å²) in [4.78, 5) is 3.97. The van der Waals surface area contributed by atoms with Crippen LogP contribution >= 0.6 is 108 Å². The summed E-state index contributed by atoms with van der Waals surface area (Å²) in [6.45, 7) is 0. The molecule has 0 aliphatic rings. The van der Waals surface area contributed by atoms with E-state index < -0.39 is 0 Å². The smallest absolute Gasteiger partial charge is 0.0386 e. The normalized spacial score (nSPS) is 10.8. The molecule has 10 heteroatoms. The highest BCUT2D eigenvalue weighted by Gasteiger charge is 2.19. The molecule has 0 spiro atoms. The Labute approximate surface area is 137 Å². The fourth-order valence-corrected chi connectivity index (χ4v) is 7.07. The van der Waals surface area contributed by atoms with Crippen molar-refractivity contribution in [2.45, 2.75) is 24.5 Å². The highest BCUT2D eigenvalue weighted by molar-refractivity contribution is 8.26. The molecule has 0 amide bonds. The third kappa shape index (κ3) is 3.71. The van der Waals surface area contributed by atoms with Crippen molar-refractivity contribution in [2.75, 3.05) is 0 Å². The summed E-state index contributed by atoms with van der Waals surface area (Å²) >= 11 is 0. The van der Waals surface area contributed by atoms with Gasteiger partial charge in [0.2, 0.25) is 0 Å². The second-order valence-electron chi connectivity index (χ2n) is 2.25. The van der Waals surface area contributed by atoms with E-state index in [0.29, 0.717) is 0 Å². The van der Waals surface area contributed by atoms with Crippen LogP contribution in [0.25, 0.3) is 0 Å². The SMILES string of the molecule is ClSc1cc(SCl)c(SCl)c(SCl)c1SCl. The van der Waals surface area contributed by atoms with Crippen molar-refractivity contribution in [1.29, 1.82) is 0 Å². The van der Waals surface area contributed by atoms with Crippen molar-refractivity contribution >= 4 is 108 Å². The molecule has 0 aliphatic carbocycles. The van der Waals surface area contributed by atoms with E-state index in [-0.39, 0.29) is 0 Å². The average molecular weight is 411 g/mol. The lowest BCUT2D eigenvalue weighted by Gasteiger charge is -2.13. The highest BCUT2D eigenvalue weighted by atomic mass is 35.7. The molecule has 0 aromatic heterocycles. The van der Waals surface area contributed by atoms with Crippen molar-refractivity contribution in [1.82, 2.24) is 0 Å². The molecule has 0 fully saturated rings. The molecule has 0 saturated carbocycles. The van der Waals surface area contributed by atoms with Crippen LogP contribution in [0.3, 0.4) is 0 Å². The zero-order valence-electron chi connectivity index (χ0n) is 7.01. The molecule has 0 heterocycles. The number of benzene rings is 1. The Kier molecular flexibility index (Phi) is 8.82. The molecule has 90 valence electrons. The summed E-state index contributed by atoms with van der Waals surface area (Å²) in [5.74, 6) is 0. The predicted octanol–water partition coefficient (Wildman–Crippen LogP) is 7.92. The van der Waals surface area contributed by atoms with Gasteiger partial charge in [-0.1, -0.05) is 0 Å². The molecule has 16 heavy (non-hydrogen) atoms. The van der Waals surface area contributed by atoms with E-state index in [0.717, 1.165) is 79.4 Å². The van der Waals surface area contributed by atoms with Crippen LogP contribution in [0.15, 0.2) is 30.5 Å². The summed E-state index contributed by atoms with van der Waals surface area (Å²) in [5, 5.41) is 0. The van der Waals surface area contributed by atoms with Crippen LogP contribution in [-0.4, -0.2) is 0 Å². The van der Waals surface area contributed by atoms with Crippen molar-refractivity contribution in [3.63, 3.8) is 0 Å². The fraction of sp³-hybridized carbons (Fsp3) is 0. The number of rotatable bonds is 5. The van der Waals surface area contributed by atoms with Gasteiger partial charge in [0.1, 0.15) is 0 Å². The predicted molar refractivity (Wildman–Crippen MR) is 85.0 cm³/mol. The first kappa shape index (κ1) is 16.5. The Morgan fingerprint density at radius 3 is 1.19 bits per heavy atom. The first-order valence-electron chi connectivity index (χ1n) is 3.37. The lowest BCUT2D eigenvalue weighted by molar-refractivity contribution is 0.975. The average Bonchev–Trinajstić information content (AvgIpc) is 2.35. The zero-order valence-corrected chi connectivity index (χ0v) is 14.9. The molecule has 0 bridgehead atoms. The van der Waals surface area contributed by atoms with E-state index in [4.69, 9.17) is 53.4 Å². The number of halogens is 5. The van der Waals surface area contributed by atoms with Crippen LogP contribution < -0.4 is 0 Å². The maximum Gasteiger partial charge on any atom is 0.0553 e. The summed E-state index contributed by atoms with van der Waals surface area (Å²) in [6, 6.07) is 1.83. The van der Waals surface area contributed by atoms with Crippen molar-refractivity contribution < 1.29 is 0 Å². The molecule has 0 saturated heterocycles. The van der Waals surface area contributed by atoms with Crippen LogP contribution in [0.4, 0.5) is 0 Å². The van der Waals surface area contributed by atoms with E-state index in [2.05, 4.69) is 0 Å². The quantitative estimate of drug-likeness (QED) is 0.482. The van der Waals surface area contributed by atoms with Crippen LogP contribution in [0.2, 0.25) is 0 Å². The van der Waals surface area contributed by atoms with Gasteiger partial charge < -0.3 is 0 Å². The topological polar surface area (TPSA) is 0 Å². The summed E-state index contributed by atoms with van der Waals surface area (Å²) < 4.78 is 0. The van der Waals surface area contributed by atoms with Crippen LogP contribution in [-0.2, 0) is 0 Å². The maximum atomic E-state index is 5.82. The summed E-state index contributed by atoms with van der Waals surface area (Å²) in [5.41, 5.74) is 0. The standard InChI is InChI=1S/C6HCl5S5/c7-12-2-1-3(13-8)5(15-10)6(16-11)4(2)14-9/h1H.